The topological polar surface area (TPSA) is 20.2 Å². The standard InChI is InChI=1S/C18H19FO/c19-18(16-6-3-7-17(20)12-16)11-13-8-9-14-4-1-2-5-15(14)10-13/h1-2,4-5,8-11,16-17,20H,3,6-7,12H2/b18-11+/t16-,17?/m1/s1. The molecule has 1 nitrogen and oxygen atoms in total. The summed E-state index contributed by atoms with van der Waals surface area (Å²) in [5.41, 5.74) is 0.890. The molecule has 104 valence electrons. The monoisotopic (exact) mass is 270 g/mol. The molecule has 2 aromatic rings. The van der Waals surface area contributed by atoms with Crippen molar-refractivity contribution in [3.8, 4) is 0 Å². The Labute approximate surface area is 118 Å². The number of aliphatic hydroxyl groups is 1. The fourth-order valence-corrected chi connectivity index (χ4v) is 2.99. The van der Waals surface area contributed by atoms with Gasteiger partial charge >= 0.3 is 0 Å². The predicted molar refractivity (Wildman–Crippen MR) is 81.0 cm³/mol. The summed E-state index contributed by atoms with van der Waals surface area (Å²) in [5.74, 6) is -0.218. The third kappa shape index (κ3) is 2.91. The maximum absolute atomic E-state index is 14.3. The SMILES string of the molecule is OC1CCC[C@@H](/C(F)=C\c2ccc3ccccc3c2)C1. The minimum absolute atomic E-state index is 0.0981. The van der Waals surface area contributed by atoms with Gasteiger partial charge in [-0.25, -0.2) is 4.39 Å². The first-order valence-corrected chi connectivity index (χ1v) is 7.26. The lowest BCUT2D eigenvalue weighted by Crippen LogP contribution is -2.19. The molecule has 0 spiro atoms. The molecule has 0 aliphatic heterocycles. The number of hydrogen-bond acceptors (Lipinski definition) is 1. The van der Waals surface area contributed by atoms with Crippen LogP contribution >= 0.6 is 0 Å². The summed E-state index contributed by atoms with van der Waals surface area (Å²) in [5, 5.41) is 11.9. The minimum Gasteiger partial charge on any atom is -0.393 e. The second kappa shape index (κ2) is 5.76. The maximum Gasteiger partial charge on any atom is 0.104 e. The van der Waals surface area contributed by atoms with Gasteiger partial charge in [0.15, 0.2) is 0 Å². The molecule has 0 saturated heterocycles. The molecule has 20 heavy (non-hydrogen) atoms. The molecular weight excluding hydrogens is 251 g/mol. The molecular formula is C18H19FO. The van der Waals surface area contributed by atoms with Crippen molar-refractivity contribution in [1.82, 2.24) is 0 Å². The number of benzene rings is 2. The summed E-state index contributed by atoms with van der Waals surface area (Å²) in [6, 6.07) is 14.1. The first kappa shape index (κ1) is 13.3. The highest BCUT2D eigenvalue weighted by Gasteiger charge is 2.23. The van der Waals surface area contributed by atoms with Gasteiger partial charge in [0, 0.05) is 5.92 Å². The van der Waals surface area contributed by atoms with Crippen molar-refractivity contribution in [2.45, 2.75) is 31.8 Å². The van der Waals surface area contributed by atoms with Crippen LogP contribution in [0.2, 0.25) is 0 Å². The number of rotatable bonds is 2. The van der Waals surface area contributed by atoms with Crippen molar-refractivity contribution in [1.29, 1.82) is 0 Å². The molecule has 0 heterocycles. The number of allylic oxidation sites excluding steroid dienone is 1. The van der Waals surface area contributed by atoms with Crippen LogP contribution in [0.5, 0.6) is 0 Å². The summed E-state index contributed by atoms with van der Waals surface area (Å²) in [7, 11) is 0. The molecule has 3 rings (SSSR count). The molecule has 0 bridgehead atoms. The van der Waals surface area contributed by atoms with Crippen LogP contribution in [0.15, 0.2) is 48.3 Å². The average Bonchev–Trinajstić information content (AvgIpc) is 2.47. The Morgan fingerprint density at radius 3 is 2.70 bits per heavy atom. The zero-order chi connectivity index (χ0) is 13.9. The van der Waals surface area contributed by atoms with Gasteiger partial charge in [0.25, 0.3) is 0 Å². The molecule has 1 fully saturated rings. The van der Waals surface area contributed by atoms with E-state index in [0.717, 1.165) is 35.6 Å². The van der Waals surface area contributed by atoms with Gasteiger partial charge in [-0.3, -0.25) is 0 Å². The normalized spacial score (nSPS) is 24.0. The van der Waals surface area contributed by atoms with Gasteiger partial charge in [-0.15, -0.1) is 0 Å². The molecule has 2 heteroatoms. The summed E-state index contributed by atoms with van der Waals surface area (Å²) >= 11 is 0. The van der Waals surface area contributed by atoms with E-state index < -0.39 is 0 Å². The molecule has 1 aliphatic carbocycles. The summed E-state index contributed by atoms with van der Waals surface area (Å²) < 4.78 is 14.3. The van der Waals surface area contributed by atoms with Crippen molar-refractivity contribution in [2.24, 2.45) is 5.92 Å². The third-order valence-corrected chi connectivity index (χ3v) is 4.11. The molecule has 2 aromatic carbocycles. The van der Waals surface area contributed by atoms with Crippen molar-refractivity contribution in [2.75, 3.05) is 0 Å². The van der Waals surface area contributed by atoms with E-state index in [0.29, 0.717) is 6.42 Å². The van der Waals surface area contributed by atoms with Crippen LogP contribution < -0.4 is 0 Å². The average molecular weight is 270 g/mol. The number of hydrogen-bond donors (Lipinski definition) is 1. The molecule has 0 radical (unpaired) electrons. The lowest BCUT2D eigenvalue weighted by atomic mass is 9.86. The van der Waals surface area contributed by atoms with Gasteiger partial charge in [-0.2, -0.15) is 0 Å². The Morgan fingerprint density at radius 2 is 1.90 bits per heavy atom. The van der Waals surface area contributed by atoms with Crippen LogP contribution in [-0.2, 0) is 0 Å². The first-order valence-electron chi connectivity index (χ1n) is 7.26. The molecule has 1 saturated carbocycles. The van der Waals surface area contributed by atoms with Crippen LogP contribution in [-0.4, -0.2) is 11.2 Å². The fourth-order valence-electron chi connectivity index (χ4n) is 2.99. The van der Waals surface area contributed by atoms with Gasteiger partial charge in [0.2, 0.25) is 0 Å². The van der Waals surface area contributed by atoms with Crippen LogP contribution in [0.1, 0.15) is 31.2 Å². The Morgan fingerprint density at radius 1 is 1.10 bits per heavy atom. The molecule has 1 N–H and O–H groups in total. The lowest BCUT2D eigenvalue weighted by molar-refractivity contribution is 0.105. The van der Waals surface area contributed by atoms with E-state index in [-0.39, 0.29) is 17.8 Å². The Hall–Kier alpha value is -1.67. The van der Waals surface area contributed by atoms with Crippen LogP contribution in [0.4, 0.5) is 4.39 Å². The maximum atomic E-state index is 14.3. The molecule has 0 amide bonds. The van der Waals surface area contributed by atoms with Crippen LogP contribution in [0.25, 0.3) is 16.8 Å². The summed E-state index contributed by atoms with van der Waals surface area (Å²) in [6.07, 6.45) is 4.38. The highest BCUT2D eigenvalue weighted by molar-refractivity contribution is 5.84. The smallest absolute Gasteiger partial charge is 0.104 e. The van der Waals surface area contributed by atoms with E-state index in [1.165, 1.54) is 0 Å². The molecule has 2 atom stereocenters. The second-order valence-corrected chi connectivity index (χ2v) is 5.65. The van der Waals surface area contributed by atoms with E-state index in [2.05, 4.69) is 6.07 Å². The quantitative estimate of drug-likeness (QED) is 0.838. The van der Waals surface area contributed by atoms with E-state index in [1.807, 2.05) is 36.4 Å². The van der Waals surface area contributed by atoms with Gasteiger partial charge in [-0.1, -0.05) is 42.8 Å². The van der Waals surface area contributed by atoms with E-state index in [4.69, 9.17) is 0 Å². The Balaban J connectivity index is 1.85. The van der Waals surface area contributed by atoms with Crippen LogP contribution in [0, 0.1) is 5.92 Å². The number of fused-ring (bicyclic) bond motifs is 1. The zero-order valence-corrected chi connectivity index (χ0v) is 11.4. The highest BCUT2D eigenvalue weighted by atomic mass is 19.1. The zero-order valence-electron chi connectivity index (χ0n) is 11.4. The van der Waals surface area contributed by atoms with Gasteiger partial charge in [0.1, 0.15) is 5.83 Å². The van der Waals surface area contributed by atoms with Crippen molar-refractivity contribution in [3.05, 3.63) is 53.9 Å². The third-order valence-electron chi connectivity index (χ3n) is 4.11. The second-order valence-electron chi connectivity index (χ2n) is 5.65. The van der Waals surface area contributed by atoms with Crippen molar-refractivity contribution in [3.63, 3.8) is 0 Å². The van der Waals surface area contributed by atoms with Crippen molar-refractivity contribution >= 4 is 16.8 Å². The number of halogens is 1. The van der Waals surface area contributed by atoms with Gasteiger partial charge < -0.3 is 5.11 Å². The van der Waals surface area contributed by atoms with E-state index in [1.54, 1.807) is 6.08 Å². The van der Waals surface area contributed by atoms with Gasteiger partial charge in [0.05, 0.1) is 6.10 Å². The lowest BCUT2D eigenvalue weighted by Gasteiger charge is -2.24. The largest absolute Gasteiger partial charge is 0.393 e. The fraction of sp³-hybridized carbons (Fsp3) is 0.333. The number of aliphatic hydroxyl groups excluding tert-OH is 1. The summed E-state index contributed by atoms with van der Waals surface area (Å²) in [4.78, 5) is 0. The highest BCUT2D eigenvalue weighted by Crippen LogP contribution is 2.32. The predicted octanol–water partition coefficient (Wildman–Crippen LogP) is 4.70. The van der Waals surface area contributed by atoms with Gasteiger partial charge in [-0.05, 0) is 47.7 Å². The molecule has 0 aromatic heterocycles. The van der Waals surface area contributed by atoms with Crippen molar-refractivity contribution < 1.29 is 9.50 Å². The minimum atomic E-state index is -0.343. The van der Waals surface area contributed by atoms with E-state index in [9.17, 15) is 9.50 Å². The van der Waals surface area contributed by atoms with E-state index >= 15 is 0 Å². The molecule has 1 unspecified atom stereocenters. The Bertz CT molecular complexity index is 632. The first-order chi connectivity index (χ1) is 9.72. The summed E-state index contributed by atoms with van der Waals surface area (Å²) in [6.45, 7) is 0. The Kier molecular flexibility index (Phi) is 3.83. The molecule has 1 aliphatic rings. The van der Waals surface area contributed by atoms with Crippen LogP contribution in [0.3, 0.4) is 0 Å².